The lowest BCUT2D eigenvalue weighted by Gasteiger charge is -2.30. The van der Waals surface area contributed by atoms with Gasteiger partial charge in [0.25, 0.3) is 0 Å². The molecule has 1 saturated carbocycles. The summed E-state index contributed by atoms with van der Waals surface area (Å²) in [6, 6.07) is 0. The number of carbonyl (C=O) groups is 3. The van der Waals surface area contributed by atoms with E-state index in [0.717, 1.165) is 25.7 Å². The summed E-state index contributed by atoms with van der Waals surface area (Å²) in [7, 11) is 0. The van der Waals surface area contributed by atoms with E-state index in [1.54, 1.807) is 0 Å². The van der Waals surface area contributed by atoms with Crippen LogP contribution in [-0.4, -0.2) is 29.0 Å². The van der Waals surface area contributed by atoms with Crippen LogP contribution in [0.5, 0.6) is 0 Å². The number of nitrogens with zero attached hydrogens (tertiary/aromatic N) is 1. The van der Waals surface area contributed by atoms with Gasteiger partial charge in [-0.2, -0.15) is 0 Å². The molecule has 1 atom stereocenters. The van der Waals surface area contributed by atoms with Crippen LogP contribution in [-0.2, 0) is 14.4 Å². The van der Waals surface area contributed by atoms with E-state index >= 15 is 0 Å². The summed E-state index contributed by atoms with van der Waals surface area (Å²) in [6.07, 6.45) is 4.09. The minimum absolute atomic E-state index is 0.0101. The van der Waals surface area contributed by atoms with Crippen molar-refractivity contribution in [3.8, 4) is 0 Å². The summed E-state index contributed by atoms with van der Waals surface area (Å²) in [5.74, 6) is 1.12. The Morgan fingerprint density at radius 2 is 1.68 bits per heavy atom. The van der Waals surface area contributed by atoms with Crippen molar-refractivity contribution >= 4 is 17.6 Å². The topological polar surface area (TPSA) is 54.5 Å². The monoisotopic (exact) mass is 307 g/mol. The lowest BCUT2D eigenvalue weighted by atomic mass is 9.77. The summed E-state index contributed by atoms with van der Waals surface area (Å²) in [5.41, 5.74) is 0. The van der Waals surface area contributed by atoms with Crippen molar-refractivity contribution in [2.24, 2.45) is 29.6 Å². The first-order valence-electron chi connectivity index (χ1n) is 8.69. The summed E-state index contributed by atoms with van der Waals surface area (Å²) >= 11 is 0. The molecule has 2 amide bonds. The fourth-order valence-electron chi connectivity index (χ4n) is 3.78. The Balaban J connectivity index is 1.87. The maximum absolute atomic E-state index is 12.3. The first-order valence-corrected chi connectivity index (χ1v) is 8.69. The number of rotatable bonds is 5. The normalized spacial score (nSPS) is 29.7. The fraction of sp³-hybridized carbons (Fsp3) is 0.833. The van der Waals surface area contributed by atoms with E-state index < -0.39 is 0 Å². The molecule has 0 aromatic rings. The quantitative estimate of drug-likeness (QED) is 0.734. The van der Waals surface area contributed by atoms with Crippen LogP contribution in [0.2, 0.25) is 0 Å². The van der Waals surface area contributed by atoms with Crippen LogP contribution in [0.1, 0.15) is 59.8 Å². The van der Waals surface area contributed by atoms with Crippen LogP contribution in [0.4, 0.5) is 0 Å². The smallest absolute Gasteiger partial charge is 0.233 e. The Morgan fingerprint density at radius 1 is 1.09 bits per heavy atom. The third-order valence-electron chi connectivity index (χ3n) is 5.34. The van der Waals surface area contributed by atoms with Gasteiger partial charge in [0.2, 0.25) is 11.8 Å². The Labute approximate surface area is 133 Å². The number of hydrogen-bond acceptors (Lipinski definition) is 3. The molecule has 1 saturated heterocycles. The first-order chi connectivity index (χ1) is 10.3. The predicted molar refractivity (Wildman–Crippen MR) is 85.0 cm³/mol. The molecular formula is C18H29NO3. The number of ketones is 1. The van der Waals surface area contributed by atoms with E-state index in [1.807, 2.05) is 27.7 Å². The SMILES string of the molecule is CC(C)C(=O)[C@H]1CC[C@H](CN2C(=O)C[C@H](C(C)C)C2=O)CC1. The van der Waals surface area contributed by atoms with Crippen molar-refractivity contribution in [1.29, 1.82) is 0 Å². The third kappa shape index (κ3) is 3.58. The zero-order valence-corrected chi connectivity index (χ0v) is 14.3. The molecule has 0 N–H and O–H groups in total. The van der Waals surface area contributed by atoms with E-state index in [9.17, 15) is 14.4 Å². The highest BCUT2D eigenvalue weighted by Gasteiger charge is 2.41. The molecule has 1 aliphatic heterocycles. The van der Waals surface area contributed by atoms with Gasteiger partial charge >= 0.3 is 0 Å². The third-order valence-corrected chi connectivity index (χ3v) is 5.34. The Bertz CT molecular complexity index is 447. The molecule has 124 valence electrons. The second kappa shape index (κ2) is 6.93. The van der Waals surface area contributed by atoms with Crippen LogP contribution >= 0.6 is 0 Å². The number of hydrogen-bond donors (Lipinski definition) is 0. The molecule has 1 aliphatic carbocycles. The number of amides is 2. The average Bonchev–Trinajstić information content (AvgIpc) is 2.75. The van der Waals surface area contributed by atoms with Gasteiger partial charge in [-0.05, 0) is 37.5 Å². The predicted octanol–water partition coefficient (Wildman–Crippen LogP) is 3.05. The van der Waals surface area contributed by atoms with Gasteiger partial charge in [0.05, 0.1) is 0 Å². The molecule has 4 nitrogen and oxygen atoms in total. The minimum Gasteiger partial charge on any atom is -0.299 e. The lowest BCUT2D eigenvalue weighted by Crippen LogP contribution is -2.37. The maximum Gasteiger partial charge on any atom is 0.233 e. The second-order valence-corrected chi connectivity index (χ2v) is 7.67. The van der Waals surface area contributed by atoms with Crippen molar-refractivity contribution in [3.63, 3.8) is 0 Å². The Hall–Kier alpha value is -1.19. The molecule has 0 aromatic carbocycles. The Kier molecular flexibility index (Phi) is 5.41. The molecule has 0 bridgehead atoms. The average molecular weight is 307 g/mol. The largest absolute Gasteiger partial charge is 0.299 e. The van der Waals surface area contributed by atoms with Gasteiger partial charge in [0.15, 0.2) is 0 Å². The standard InChI is InChI=1S/C18H29NO3/c1-11(2)15-9-16(20)19(18(15)22)10-13-5-7-14(8-6-13)17(21)12(3)4/h11-15H,5-10H2,1-4H3/t13-,14-,15-/m1/s1. The molecule has 2 fully saturated rings. The first kappa shape index (κ1) is 17.2. The number of imide groups is 1. The van der Waals surface area contributed by atoms with Gasteiger partial charge in [-0.1, -0.05) is 27.7 Å². The summed E-state index contributed by atoms with van der Waals surface area (Å²) in [6.45, 7) is 8.48. The molecule has 4 heteroatoms. The van der Waals surface area contributed by atoms with Crippen LogP contribution in [0.25, 0.3) is 0 Å². The van der Waals surface area contributed by atoms with Crippen molar-refractivity contribution < 1.29 is 14.4 Å². The van der Waals surface area contributed by atoms with Crippen molar-refractivity contribution in [2.75, 3.05) is 6.54 Å². The van der Waals surface area contributed by atoms with Crippen molar-refractivity contribution in [3.05, 3.63) is 0 Å². The molecule has 2 rings (SSSR count). The van der Waals surface area contributed by atoms with Gasteiger partial charge in [-0.3, -0.25) is 19.3 Å². The molecule has 0 unspecified atom stereocenters. The maximum atomic E-state index is 12.3. The molecule has 0 spiro atoms. The Morgan fingerprint density at radius 3 is 2.14 bits per heavy atom. The molecular weight excluding hydrogens is 278 g/mol. The summed E-state index contributed by atoms with van der Waals surface area (Å²) in [4.78, 5) is 38.0. The van der Waals surface area contributed by atoms with Gasteiger partial charge < -0.3 is 0 Å². The summed E-state index contributed by atoms with van der Waals surface area (Å²) in [5, 5.41) is 0. The number of likely N-dealkylation sites (tertiary alicyclic amines) is 1. The zero-order valence-electron chi connectivity index (χ0n) is 14.3. The van der Waals surface area contributed by atoms with Crippen molar-refractivity contribution in [1.82, 2.24) is 4.90 Å². The molecule has 1 heterocycles. The highest BCUT2D eigenvalue weighted by atomic mass is 16.2. The summed E-state index contributed by atoms with van der Waals surface area (Å²) < 4.78 is 0. The zero-order chi connectivity index (χ0) is 16.4. The van der Waals surface area contributed by atoms with Crippen molar-refractivity contribution in [2.45, 2.75) is 59.8 Å². The highest BCUT2D eigenvalue weighted by molar-refractivity contribution is 6.03. The lowest BCUT2D eigenvalue weighted by molar-refractivity contribution is -0.141. The van der Waals surface area contributed by atoms with Crippen LogP contribution in [0.15, 0.2) is 0 Å². The molecule has 0 aromatic heterocycles. The van der Waals surface area contributed by atoms with Gasteiger partial charge in [0.1, 0.15) is 5.78 Å². The second-order valence-electron chi connectivity index (χ2n) is 7.67. The number of Topliss-reactive ketones (excluding diaryl/α,β-unsaturated/α-hetero) is 1. The van der Waals surface area contributed by atoms with Gasteiger partial charge in [-0.15, -0.1) is 0 Å². The highest BCUT2D eigenvalue weighted by Crippen LogP contribution is 2.34. The van der Waals surface area contributed by atoms with E-state index in [1.165, 1.54) is 4.90 Å². The van der Waals surface area contributed by atoms with E-state index in [2.05, 4.69) is 0 Å². The van der Waals surface area contributed by atoms with Crippen LogP contribution in [0.3, 0.4) is 0 Å². The molecule has 2 aliphatic rings. The number of carbonyl (C=O) groups excluding carboxylic acids is 3. The van der Waals surface area contributed by atoms with E-state index in [4.69, 9.17) is 0 Å². The van der Waals surface area contributed by atoms with Gasteiger partial charge in [-0.25, -0.2) is 0 Å². The van der Waals surface area contributed by atoms with E-state index in [-0.39, 0.29) is 35.5 Å². The fourth-order valence-corrected chi connectivity index (χ4v) is 3.78. The molecule has 22 heavy (non-hydrogen) atoms. The van der Waals surface area contributed by atoms with Crippen LogP contribution in [0, 0.1) is 29.6 Å². The van der Waals surface area contributed by atoms with E-state index in [0.29, 0.717) is 24.7 Å². The van der Waals surface area contributed by atoms with Crippen LogP contribution < -0.4 is 0 Å². The minimum atomic E-state index is -0.133. The molecule has 0 radical (unpaired) electrons. The van der Waals surface area contributed by atoms with Gasteiger partial charge in [0, 0.05) is 30.7 Å².